The number of ether oxygens (including phenoxy) is 1. The van der Waals surface area contributed by atoms with E-state index in [-0.39, 0.29) is 21.1 Å². The van der Waals surface area contributed by atoms with Crippen molar-refractivity contribution in [2.75, 3.05) is 19.6 Å². The fourth-order valence-electron chi connectivity index (χ4n) is 7.24. The van der Waals surface area contributed by atoms with Crippen LogP contribution in [0.1, 0.15) is 11.1 Å². The van der Waals surface area contributed by atoms with Gasteiger partial charge in [0.25, 0.3) is 0 Å². The number of hydrogen-bond acceptors (Lipinski definition) is 6. The number of anilines is 6. The van der Waals surface area contributed by atoms with Crippen LogP contribution in [0.3, 0.4) is 0 Å². The molecular formula is C38H23N5OPt. The third-order valence-corrected chi connectivity index (χ3v) is 8.99. The summed E-state index contributed by atoms with van der Waals surface area (Å²) in [7, 11) is 0. The molecule has 6 nitrogen and oxygen atoms in total. The summed E-state index contributed by atoms with van der Waals surface area (Å²) < 4.78 is 6.30. The Morgan fingerprint density at radius 1 is 0.533 bits per heavy atom. The third kappa shape index (κ3) is 3.52. The summed E-state index contributed by atoms with van der Waals surface area (Å²) in [5.41, 5.74) is 9.99. The minimum Gasteiger partial charge on any atom is -0.508 e. The maximum Gasteiger partial charge on any atom is 4.00 e. The second kappa shape index (κ2) is 9.72. The molecule has 6 aromatic rings. The van der Waals surface area contributed by atoms with Gasteiger partial charge in [-0.2, -0.15) is 6.07 Å². The normalized spacial score (nSPS) is 15.8. The third-order valence-electron chi connectivity index (χ3n) is 8.99. The Bertz CT molecular complexity index is 1980. The maximum absolute atomic E-state index is 6.30. The van der Waals surface area contributed by atoms with Crippen LogP contribution in [-0.2, 0) is 26.7 Å². The number of aromatic nitrogens is 1. The largest absolute Gasteiger partial charge is 4.00 e. The summed E-state index contributed by atoms with van der Waals surface area (Å²) >= 11 is 0. The molecule has 0 amide bonds. The summed E-state index contributed by atoms with van der Waals surface area (Å²) in [4.78, 5) is 13.8. The first-order chi connectivity index (χ1) is 21.8. The van der Waals surface area contributed by atoms with E-state index in [0.29, 0.717) is 11.5 Å². The predicted molar refractivity (Wildman–Crippen MR) is 172 cm³/mol. The van der Waals surface area contributed by atoms with Gasteiger partial charge >= 0.3 is 21.1 Å². The van der Waals surface area contributed by atoms with E-state index in [1.54, 1.807) is 6.20 Å². The molecule has 4 aliphatic rings. The Labute approximate surface area is 276 Å². The molecule has 45 heavy (non-hydrogen) atoms. The van der Waals surface area contributed by atoms with Crippen molar-refractivity contribution in [2.45, 2.75) is 5.66 Å². The van der Waals surface area contributed by atoms with Crippen LogP contribution in [0.25, 0.3) is 11.1 Å². The van der Waals surface area contributed by atoms with Gasteiger partial charge in [-0.3, -0.25) is 0 Å². The first kappa shape index (κ1) is 26.3. The van der Waals surface area contributed by atoms with Crippen LogP contribution in [0.15, 0.2) is 128 Å². The monoisotopic (exact) mass is 760 g/mol. The number of fused-ring (bicyclic) bond motifs is 23. The van der Waals surface area contributed by atoms with E-state index in [1.165, 1.54) is 22.3 Å². The topological polar surface area (TPSA) is 35.1 Å². The van der Waals surface area contributed by atoms with Gasteiger partial charge in [-0.15, -0.1) is 43.3 Å². The van der Waals surface area contributed by atoms with E-state index >= 15 is 0 Å². The molecule has 0 saturated carbocycles. The van der Waals surface area contributed by atoms with E-state index in [9.17, 15) is 0 Å². The quantitative estimate of drug-likeness (QED) is 0.145. The standard InChI is InChI=1S/C38H23N5O.Pt/c1-3-14-32-30(12-1)31-13-2-4-15-33(31)38(32)42-24-40(34-16-5-7-18-36(34)42)26-10-9-11-28(20-26)44-29-21-27(22-39-23-29)41-25-43(38)37-19-8-6-17-35(37)41;/h1-19,22-25H;/q-4;+4. The van der Waals surface area contributed by atoms with Crippen molar-refractivity contribution < 1.29 is 25.8 Å². The van der Waals surface area contributed by atoms with Gasteiger partial charge in [-0.05, 0) is 41.6 Å². The van der Waals surface area contributed by atoms with E-state index in [4.69, 9.17) is 4.74 Å². The molecule has 0 N–H and O–H groups in total. The molecule has 0 radical (unpaired) electrons. The molecule has 10 rings (SSSR count). The van der Waals surface area contributed by atoms with Crippen molar-refractivity contribution in [3.05, 3.63) is 164 Å². The van der Waals surface area contributed by atoms with Crippen molar-refractivity contribution in [3.63, 3.8) is 0 Å². The summed E-state index contributed by atoms with van der Waals surface area (Å²) in [6.07, 6.45) is 3.53. The Morgan fingerprint density at radius 2 is 1.07 bits per heavy atom. The molecule has 0 fully saturated rings. The van der Waals surface area contributed by atoms with Crippen LogP contribution in [0.2, 0.25) is 0 Å². The first-order valence-electron chi connectivity index (χ1n) is 14.6. The molecule has 1 spiro atoms. The Kier molecular flexibility index (Phi) is 5.69. The second-order valence-corrected chi connectivity index (χ2v) is 11.2. The van der Waals surface area contributed by atoms with Crippen molar-refractivity contribution in [1.29, 1.82) is 0 Å². The van der Waals surface area contributed by atoms with Crippen LogP contribution < -0.4 is 24.3 Å². The van der Waals surface area contributed by atoms with Crippen molar-refractivity contribution in [2.24, 2.45) is 0 Å². The van der Waals surface area contributed by atoms with E-state index in [2.05, 4.69) is 153 Å². The SMILES string of the molecule is [Pt+4].[c-]1c2cccc1N1[CH-]N(c3ccccc31)C1(c3ccccc3-c3ccccc31)N1[CH-]N(c3[c-]c(cnc3)O2)c2ccccc21. The first-order valence-corrected chi connectivity index (χ1v) is 14.6. The van der Waals surface area contributed by atoms with Gasteiger partial charge in [0.2, 0.25) is 0 Å². The number of nitrogens with zero attached hydrogens (tertiary/aromatic N) is 5. The minimum absolute atomic E-state index is 0. The molecule has 3 aliphatic heterocycles. The maximum atomic E-state index is 6.30. The van der Waals surface area contributed by atoms with Crippen molar-refractivity contribution in [3.8, 4) is 22.6 Å². The molecule has 1 aliphatic carbocycles. The zero-order valence-electron chi connectivity index (χ0n) is 23.7. The molecule has 7 heteroatoms. The van der Waals surface area contributed by atoms with E-state index in [1.807, 2.05) is 18.3 Å². The molecule has 5 aromatic carbocycles. The van der Waals surface area contributed by atoms with Gasteiger partial charge in [0.15, 0.2) is 0 Å². The zero-order chi connectivity index (χ0) is 28.8. The molecule has 0 unspecified atom stereocenters. The van der Waals surface area contributed by atoms with Crippen LogP contribution in [0, 0.1) is 25.5 Å². The minimum atomic E-state index is -0.772. The summed E-state index contributed by atoms with van der Waals surface area (Å²) in [6, 6.07) is 47.6. The van der Waals surface area contributed by atoms with Crippen molar-refractivity contribution >= 4 is 34.1 Å². The predicted octanol–water partition coefficient (Wildman–Crippen LogP) is 8.52. The van der Waals surface area contributed by atoms with Gasteiger partial charge in [-0.25, -0.2) is 0 Å². The zero-order valence-corrected chi connectivity index (χ0v) is 26.0. The summed E-state index contributed by atoms with van der Waals surface area (Å²) in [6.45, 7) is 4.41. The molecule has 4 heterocycles. The summed E-state index contributed by atoms with van der Waals surface area (Å²) in [5, 5.41) is 0. The van der Waals surface area contributed by atoms with Gasteiger partial charge in [0.1, 0.15) is 5.66 Å². The molecule has 0 atom stereocenters. The van der Waals surface area contributed by atoms with Gasteiger partial charge < -0.3 is 29.3 Å². The second-order valence-electron chi connectivity index (χ2n) is 11.2. The van der Waals surface area contributed by atoms with Crippen LogP contribution in [0.5, 0.6) is 11.5 Å². The van der Waals surface area contributed by atoms with Crippen LogP contribution in [-0.4, -0.2) is 4.98 Å². The molecule has 0 saturated heterocycles. The number of pyridine rings is 1. The smallest absolute Gasteiger partial charge is 0.508 e. The Balaban J connectivity index is 0.00000281. The van der Waals surface area contributed by atoms with Crippen LogP contribution in [0.4, 0.5) is 34.1 Å². The fraction of sp³-hybridized carbons (Fsp3) is 0.0263. The Morgan fingerprint density at radius 3 is 1.71 bits per heavy atom. The number of para-hydroxylation sites is 4. The number of hydrogen-bond donors (Lipinski definition) is 0. The molecule has 216 valence electrons. The van der Waals surface area contributed by atoms with Crippen LogP contribution >= 0.6 is 0 Å². The molecular weight excluding hydrogens is 738 g/mol. The number of benzene rings is 5. The van der Waals surface area contributed by atoms with Gasteiger partial charge in [-0.1, -0.05) is 84.7 Å². The average Bonchev–Trinajstić information content (AvgIpc) is 3.74. The average molecular weight is 761 g/mol. The number of rotatable bonds is 0. The molecule has 1 aromatic heterocycles. The Hall–Kier alpha value is -5.06. The van der Waals surface area contributed by atoms with E-state index in [0.717, 1.165) is 34.1 Å². The summed E-state index contributed by atoms with van der Waals surface area (Å²) in [5.74, 6) is 1.12. The molecule has 8 bridgehead atoms. The fourth-order valence-corrected chi connectivity index (χ4v) is 7.24. The van der Waals surface area contributed by atoms with E-state index < -0.39 is 5.66 Å². The van der Waals surface area contributed by atoms with Gasteiger partial charge in [0.05, 0.1) is 0 Å². The van der Waals surface area contributed by atoms with Crippen molar-refractivity contribution in [1.82, 2.24) is 4.98 Å². The van der Waals surface area contributed by atoms with Gasteiger partial charge in [0, 0.05) is 45.4 Å².